The van der Waals surface area contributed by atoms with Crippen LogP contribution in [0.25, 0.3) is 11.0 Å². The van der Waals surface area contributed by atoms with E-state index in [9.17, 15) is 8.42 Å². The third kappa shape index (κ3) is 2.71. The lowest BCUT2D eigenvalue weighted by molar-refractivity contribution is 0.315. The van der Waals surface area contributed by atoms with Crippen molar-refractivity contribution < 1.29 is 13.0 Å². The third-order valence-corrected chi connectivity index (χ3v) is 5.12. The zero-order chi connectivity index (χ0) is 15.7. The molecule has 1 N–H and O–H groups in total. The number of hydrogen-bond donors (Lipinski definition) is 1. The van der Waals surface area contributed by atoms with Crippen molar-refractivity contribution in [1.82, 2.24) is 10.3 Å². The Bertz CT molecular complexity index is 937. The zero-order valence-electron chi connectivity index (χ0n) is 11.6. The van der Waals surface area contributed by atoms with Gasteiger partial charge < -0.3 is 0 Å². The fourth-order valence-electron chi connectivity index (χ4n) is 2.15. The zero-order valence-corrected chi connectivity index (χ0v) is 14.0. The number of aromatic nitrogens is 2. The molecular weight excluding hydrogens is 370 g/mol. The van der Waals surface area contributed by atoms with Crippen LogP contribution in [-0.4, -0.2) is 18.7 Å². The van der Waals surface area contributed by atoms with E-state index in [2.05, 4.69) is 35.6 Å². The van der Waals surface area contributed by atoms with E-state index in [4.69, 9.17) is 0 Å². The molecule has 0 unspecified atom stereocenters. The second-order valence-electron chi connectivity index (χ2n) is 4.65. The fourth-order valence-corrected chi connectivity index (χ4v) is 3.81. The van der Waals surface area contributed by atoms with Crippen LogP contribution in [0.15, 0.2) is 50.4 Å². The molecule has 0 amide bonds. The molecule has 0 aliphatic rings. The summed E-state index contributed by atoms with van der Waals surface area (Å²) >= 11 is 3.38. The SMILES string of the molecule is CCc1cc(Br)ccc1NS(=O)(=O)c1cccc2nonc12. The number of aryl methyl sites for hydroxylation is 1. The second kappa shape index (κ2) is 5.69. The highest BCUT2D eigenvalue weighted by Gasteiger charge is 2.21. The summed E-state index contributed by atoms with van der Waals surface area (Å²) in [6, 6.07) is 10.1. The maximum Gasteiger partial charge on any atom is 0.264 e. The average Bonchev–Trinajstić information content (AvgIpc) is 2.97. The van der Waals surface area contributed by atoms with Gasteiger partial charge in [0.2, 0.25) is 0 Å². The van der Waals surface area contributed by atoms with Crippen molar-refractivity contribution in [2.24, 2.45) is 0 Å². The van der Waals surface area contributed by atoms with Crippen LogP contribution in [0.1, 0.15) is 12.5 Å². The molecule has 1 heterocycles. The van der Waals surface area contributed by atoms with Crippen molar-refractivity contribution in [1.29, 1.82) is 0 Å². The van der Waals surface area contributed by atoms with Crippen LogP contribution in [0.3, 0.4) is 0 Å². The van der Waals surface area contributed by atoms with E-state index in [-0.39, 0.29) is 10.4 Å². The molecule has 1 aromatic heterocycles. The number of halogens is 1. The Balaban J connectivity index is 2.06. The van der Waals surface area contributed by atoms with Crippen LogP contribution in [-0.2, 0) is 16.4 Å². The Labute approximate surface area is 135 Å². The van der Waals surface area contributed by atoms with Crippen molar-refractivity contribution in [3.63, 3.8) is 0 Å². The highest BCUT2D eigenvalue weighted by atomic mass is 79.9. The summed E-state index contributed by atoms with van der Waals surface area (Å²) in [5, 5.41) is 7.33. The quantitative estimate of drug-likeness (QED) is 0.748. The van der Waals surface area contributed by atoms with Gasteiger partial charge in [-0.3, -0.25) is 4.72 Å². The summed E-state index contributed by atoms with van der Waals surface area (Å²) in [6.07, 6.45) is 0.701. The molecule has 0 atom stereocenters. The number of rotatable bonds is 4. The third-order valence-electron chi connectivity index (χ3n) is 3.23. The van der Waals surface area contributed by atoms with Gasteiger partial charge in [0.05, 0.1) is 5.69 Å². The first kappa shape index (κ1) is 15.0. The molecule has 0 radical (unpaired) electrons. The van der Waals surface area contributed by atoms with Crippen LogP contribution >= 0.6 is 15.9 Å². The molecule has 0 aliphatic heterocycles. The Morgan fingerprint density at radius 2 is 2.05 bits per heavy atom. The Hall–Kier alpha value is -1.93. The molecule has 0 aliphatic carbocycles. The number of sulfonamides is 1. The van der Waals surface area contributed by atoms with Gasteiger partial charge in [-0.05, 0) is 52.6 Å². The van der Waals surface area contributed by atoms with Gasteiger partial charge in [0, 0.05) is 4.47 Å². The summed E-state index contributed by atoms with van der Waals surface area (Å²) in [4.78, 5) is 0.0382. The van der Waals surface area contributed by atoms with Crippen LogP contribution < -0.4 is 4.72 Å². The van der Waals surface area contributed by atoms with Crippen LogP contribution in [0, 0.1) is 0 Å². The van der Waals surface area contributed by atoms with E-state index in [1.165, 1.54) is 6.07 Å². The van der Waals surface area contributed by atoms with Gasteiger partial charge in [-0.25, -0.2) is 13.0 Å². The van der Waals surface area contributed by atoms with E-state index < -0.39 is 10.0 Å². The number of nitrogens with zero attached hydrogens (tertiary/aromatic N) is 2. The van der Waals surface area contributed by atoms with Crippen LogP contribution in [0.2, 0.25) is 0 Å². The van der Waals surface area contributed by atoms with E-state index >= 15 is 0 Å². The first-order chi connectivity index (χ1) is 10.5. The predicted octanol–water partition coefficient (Wildman–Crippen LogP) is 3.35. The topological polar surface area (TPSA) is 85.1 Å². The number of fused-ring (bicyclic) bond motifs is 1. The van der Waals surface area contributed by atoms with Crippen molar-refractivity contribution in [3.05, 3.63) is 46.4 Å². The Kier molecular flexibility index (Phi) is 3.88. The van der Waals surface area contributed by atoms with Crippen molar-refractivity contribution in [3.8, 4) is 0 Å². The summed E-state index contributed by atoms with van der Waals surface area (Å²) in [5.74, 6) is 0. The normalized spacial score (nSPS) is 11.7. The molecule has 8 heteroatoms. The van der Waals surface area contributed by atoms with Gasteiger partial charge in [-0.15, -0.1) is 0 Å². The minimum absolute atomic E-state index is 0.0382. The number of nitrogens with one attached hydrogen (secondary N) is 1. The number of benzene rings is 2. The Morgan fingerprint density at radius 3 is 2.82 bits per heavy atom. The van der Waals surface area contributed by atoms with Crippen LogP contribution in [0.5, 0.6) is 0 Å². The summed E-state index contributed by atoms with van der Waals surface area (Å²) < 4.78 is 33.4. The van der Waals surface area contributed by atoms with Crippen molar-refractivity contribution >= 4 is 42.7 Å². The monoisotopic (exact) mass is 381 g/mol. The highest BCUT2D eigenvalue weighted by Crippen LogP contribution is 2.26. The summed E-state index contributed by atoms with van der Waals surface area (Å²) in [7, 11) is -3.78. The maximum atomic E-state index is 12.6. The molecule has 3 aromatic rings. The van der Waals surface area contributed by atoms with Crippen LogP contribution in [0.4, 0.5) is 5.69 Å². The lowest BCUT2D eigenvalue weighted by Gasteiger charge is -2.12. The molecule has 0 spiro atoms. The molecular formula is C14H12BrN3O3S. The van der Waals surface area contributed by atoms with Crippen molar-refractivity contribution in [2.75, 3.05) is 4.72 Å². The van der Waals surface area contributed by atoms with Gasteiger partial charge in [0.25, 0.3) is 10.0 Å². The first-order valence-corrected chi connectivity index (χ1v) is 8.81. The summed E-state index contributed by atoms with van der Waals surface area (Å²) in [5.41, 5.74) is 2.04. The van der Waals surface area contributed by atoms with Gasteiger partial charge in [-0.1, -0.05) is 28.9 Å². The molecule has 3 rings (SSSR count). The van der Waals surface area contributed by atoms with Gasteiger partial charge in [-0.2, -0.15) is 0 Å². The smallest absolute Gasteiger partial charge is 0.264 e. The number of anilines is 1. The second-order valence-corrected chi connectivity index (χ2v) is 7.22. The molecule has 114 valence electrons. The van der Waals surface area contributed by atoms with E-state index in [1.54, 1.807) is 24.3 Å². The predicted molar refractivity (Wildman–Crippen MR) is 86.1 cm³/mol. The molecule has 0 saturated carbocycles. The Morgan fingerprint density at radius 1 is 1.23 bits per heavy atom. The van der Waals surface area contributed by atoms with Crippen molar-refractivity contribution in [2.45, 2.75) is 18.2 Å². The molecule has 22 heavy (non-hydrogen) atoms. The minimum Gasteiger partial charge on any atom is -0.279 e. The standard InChI is InChI=1S/C14H12BrN3O3S/c1-2-9-8-10(15)6-7-11(9)18-22(19,20)13-5-3-4-12-14(13)17-21-16-12/h3-8,18H,2H2,1H3. The molecule has 0 saturated heterocycles. The lowest BCUT2D eigenvalue weighted by atomic mass is 10.1. The number of hydrogen-bond acceptors (Lipinski definition) is 5. The van der Waals surface area contributed by atoms with E-state index in [0.717, 1.165) is 10.0 Å². The van der Waals surface area contributed by atoms with E-state index in [0.29, 0.717) is 17.6 Å². The minimum atomic E-state index is -3.78. The molecule has 0 fully saturated rings. The molecule has 2 aromatic carbocycles. The molecule has 6 nitrogen and oxygen atoms in total. The first-order valence-electron chi connectivity index (χ1n) is 6.54. The lowest BCUT2D eigenvalue weighted by Crippen LogP contribution is -2.14. The van der Waals surface area contributed by atoms with E-state index in [1.807, 2.05) is 13.0 Å². The highest BCUT2D eigenvalue weighted by molar-refractivity contribution is 9.10. The average molecular weight is 382 g/mol. The maximum absolute atomic E-state index is 12.6. The van der Waals surface area contributed by atoms with Gasteiger partial charge >= 0.3 is 0 Å². The van der Waals surface area contributed by atoms with Gasteiger partial charge in [0.15, 0.2) is 5.52 Å². The van der Waals surface area contributed by atoms with Gasteiger partial charge in [0.1, 0.15) is 10.4 Å². The summed E-state index contributed by atoms with van der Waals surface area (Å²) in [6.45, 7) is 1.96. The largest absolute Gasteiger partial charge is 0.279 e. The molecule has 0 bridgehead atoms. The fraction of sp³-hybridized carbons (Fsp3) is 0.143.